The van der Waals surface area contributed by atoms with Gasteiger partial charge in [0.15, 0.2) is 9.84 Å². The minimum atomic E-state index is -3.30. The van der Waals surface area contributed by atoms with Gasteiger partial charge >= 0.3 is 5.69 Å². The minimum Gasteiger partial charge on any atom is -0.384 e. The van der Waals surface area contributed by atoms with Crippen molar-refractivity contribution in [2.45, 2.75) is 36.7 Å². The molecule has 0 amide bonds. The van der Waals surface area contributed by atoms with Crippen molar-refractivity contribution >= 4 is 32.5 Å². The molecule has 1 heterocycles. The number of nitrogens with zero attached hydrogens (tertiary/aromatic N) is 3. The highest BCUT2D eigenvalue weighted by Gasteiger charge is 2.21. The molecule has 0 saturated carbocycles. The summed E-state index contributed by atoms with van der Waals surface area (Å²) in [7, 11) is -1.87. The second-order valence-corrected chi connectivity index (χ2v) is 11.4. The molecule has 2 N–H and O–H groups in total. The fourth-order valence-corrected chi connectivity index (χ4v) is 4.86. The monoisotopic (exact) mass is 500 g/mol. The Morgan fingerprint density at radius 1 is 1.06 bits per heavy atom. The van der Waals surface area contributed by atoms with Crippen LogP contribution >= 0.6 is 11.8 Å². The number of anilines is 1. The fraction of sp³-hybridized carbons (Fsp3) is 0.292. The molecule has 1 aromatic heterocycles. The molecule has 0 aliphatic carbocycles. The van der Waals surface area contributed by atoms with Gasteiger partial charge in [-0.15, -0.1) is 0 Å². The average Bonchev–Trinajstić information content (AvgIpc) is 2.79. The van der Waals surface area contributed by atoms with E-state index in [1.165, 1.54) is 35.5 Å². The Morgan fingerprint density at radius 2 is 1.68 bits per heavy atom. The Kier molecular flexibility index (Phi) is 7.83. The zero-order chi connectivity index (χ0) is 25.0. The predicted octanol–water partition coefficient (Wildman–Crippen LogP) is 2.93. The second kappa shape index (κ2) is 10.4. The number of hydrogen-bond donors (Lipinski definition) is 1. The van der Waals surface area contributed by atoms with Crippen molar-refractivity contribution in [3.05, 3.63) is 86.6 Å². The van der Waals surface area contributed by atoms with Gasteiger partial charge in [0.25, 0.3) is 5.56 Å². The van der Waals surface area contributed by atoms with Gasteiger partial charge in [0.05, 0.1) is 11.4 Å². The van der Waals surface area contributed by atoms with Crippen molar-refractivity contribution in [1.29, 1.82) is 0 Å². The normalized spacial score (nSPS) is 12.3. The van der Waals surface area contributed by atoms with E-state index < -0.39 is 21.1 Å². The third kappa shape index (κ3) is 5.87. The Labute approximate surface area is 203 Å². The first-order valence-corrected chi connectivity index (χ1v) is 13.4. The lowest BCUT2D eigenvalue weighted by atomic mass is 10.2. The summed E-state index contributed by atoms with van der Waals surface area (Å²) in [6, 6.07) is 15.9. The van der Waals surface area contributed by atoms with E-state index in [1.54, 1.807) is 12.1 Å². The van der Waals surface area contributed by atoms with Gasteiger partial charge in [0, 0.05) is 24.7 Å². The molecular weight excluding hydrogens is 472 g/mol. The highest BCUT2D eigenvalue weighted by atomic mass is 32.2. The van der Waals surface area contributed by atoms with Crippen LogP contribution < -0.4 is 17.0 Å². The molecule has 10 heteroatoms. The van der Waals surface area contributed by atoms with Gasteiger partial charge in [-0.2, -0.15) is 0 Å². The summed E-state index contributed by atoms with van der Waals surface area (Å²) in [4.78, 5) is 31.6. The van der Waals surface area contributed by atoms with Gasteiger partial charge in [0.2, 0.25) is 0 Å². The summed E-state index contributed by atoms with van der Waals surface area (Å²) in [5.41, 5.74) is 6.33. The molecule has 0 aliphatic heterocycles. The molecule has 0 spiro atoms. The maximum absolute atomic E-state index is 13.2. The number of rotatable bonds is 7. The highest BCUT2D eigenvalue weighted by Crippen LogP contribution is 2.25. The lowest BCUT2D eigenvalue weighted by molar-refractivity contribution is 0.493. The summed E-state index contributed by atoms with van der Waals surface area (Å²) in [5, 5.41) is 0.383. The van der Waals surface area contributed by atoms with Gasteiger partial charge < -0.3 is 5.73 Å². The highest BCUT2D eigenvalue weighted by molar-refractivity contribution is 8.14. The van der Waals surface area contributed by atoms with Gasteiger partial charge in [-0.3, -0.25) is 18.9 Å². The predicted molar refractivity (Wildman–Crippen MR) is 137 cm³/mol. The number of nitrogen functional groups attached to an aromatic ring is 1. The Morgan fingerprint density at radius 3 is 2.24 bits per heavy atom. The standard InChI is InChI=1S/C24H28N4O4S2/c1-16(2)15-28-21(25)20(23(29)27(3)24(28)30)22(33-18-8-6-5-7-9-18)26-14-17-10-12-19(13-11-17)34(4,31)32/h5-13,16H,14-15,25H2,1-4H3. The average molecular weight is 501 g/mol. The molecule has 0 fully saturated rings. The molecule has 0 atom stereocenters. The van der Waals surface area contributed by atoms with Gasteiger partial charge in [-0.05, 0) is 35.7 Å². The Bertz CT molecular complexity index is 1420. The summed E-state index contributed by atoms with van der Waals surface area (Å²) in [6.07, 6.45) is 1.15. The first kappa shape index (κ1) is 25.5. The zero-order valence-corrected chi connectivity index (χ0v) is 21.2. The molecule has 180 valence electrons. The van der Waals surface area contributed by atoms with E-state index >= 15 is 0 Å². The van der Waals surface area contributed by atoms with Gasteiger partial charge in [-0.1, -0.05) is 55.9 Å². The first-order chi connectivity index (χ1) is 16.0. The third-order valence-electron chi connectivity index (χ3n) is 5.06. The van der Waals surface area contributed by atoms with Crippen LogP contribution in [-0.4, -0.2) is 28.9 Å². The summed E-state index contributed by atoms with van der Waals surface area (Å²) in [6.45, 7) is 4.49. The fourth-order valence-electron chi connectivity index (χ4n) is 3.29. The van der Waals surface area contributed by atoms with Gasteiger partial charge in [-0.25, -0.2) is 13.2 Å². The van der Waals surface area contributed by atoms with Crippen molar-refractivity contribution < 1.29 is 8.42 Å². The molecule has 34 heavy (non-hydrogen) atoms. The lowest BCUT2D eigenvalue weighted by Crippen LogP contribution is -2.43. The van der Waals surface area contributed by atoms with Crippen LogP contribution in [-0.2, 0) is 30.0 Å². The second-order valence-electron chi connectivity index (χ2n) is 8.36. The van der Waals surface area contributed by atoms with E-state index in [9.17, 15) is 18.0 Å². The van der Waals surface area contributed by atoms with Crippen molar-refractivity contribution in [2.24, 2.45) is 18.0 Å². The molecule has 0 radical (unpaired) electrons. The third-order valence-corrected chi connectivity index (χ3v) is 7.22. The SMILES string of the molecule is CC(C)Cn1c(N)c(C(=NCc2ccc(S(C)(=O)=O)cc2)Sc2ccccc2)c(=O)n(C)c1=O. The van der Waals surface area contributed by atoms with Crippen LogP contribution in [0, 0.1) is 5.92 Å². The van der Waals surface area contributed by atoms with E-state index in [0.29, 0.717) is 11.6 Å². The van der Waals surface area contributed by atoms with Crippen molar-refractivity contribution in [3.8, 4) is 0 Å². The van der Waals surface area contributed by atoms with Crippen LogP contribution in [0.1, 0.15) is 25.0 Å². The summed E-state index contributed by atoms with van der Waals surface area (Å²) >= 11 is 1.28. The molecule has 8 nitrogen and oxygen atoms in total. The summed E-state index contributed by atoms with van der Waals surface area (Å²) < 4.78 is 25.9. The maximum Gasteiger partial charge on any atom is 0.332 e. The molecule has 2 aromatic carbocycles. The minimum absolute atomic E-state index is 0.0800. The summed E-state index contributed by atoms with van der Waals surface area (Å²) in [5.74, 6) is 0.220. The van der Waals surface area contributed by atoms with Crippen molar-refractivity contribution in [3.63, 3.8) is 0 Å². The van der Waals surface area contributed by atoms with E-state index in [-0.39, 0.29) is 28.7 Å². The van der Waals surface area contributed by atoms with Crippen LogP contribution in [0.25, 0.3) is 0 Å². The number of nitrogens with two attached hydrogens (primary N) is 1. The van der Waals surface area contributed by atoms with E-state index in [1.807, 2.05) is 44.2 Å². The number of hydrogen-bond acceptors (Lipinski definition) is 7. The largest absolute Gasteiger partial charge is 0.384 e. The van der Waals surface area contributed by atoms with Crippen LogP contribution in [0.3, 0.4) is 0 Å². The smallest absolute Gasteiger partial charge is 0.332 e. The number of aliphatic imine (C=N–C) groups is 1. The number of sulfone groups is 1. The Hall–Kier alpha value is -3.11. The Balaban J connectivity index is 2.13. The van der Waals surface area contributed by atoms with Crippen LogP contribution in [0.2, 0.25) is 0 Å². The lowest BCUT2D eigenvalue weighted by Gasteiger charge is -2.17. The molecule has 0 saturated heterocycles. The topological polar surface area (TPSA) is 117 Å². The first-order valence-electron chi connectivity index (χ1n) is 10.6. The van der Waals surface area contributed by atoms with Gasteiger partial charge in [0.1, 0.15) is 16.4 Å². The molecule has 0 bridgehead atoms. The number of aromatic nitrogens is 2. The van der Waals surface area contributed by atoms with Crippen molar-refractivity contribution in [1.82, 2.24) is 9.13 Å². The quantitative estimate of drug-likeness (QED) is 0.303. The van der Waals surface area contributed by atoms with E-state index in [4.69, 9.17) is 5.73 Å². The van der Waals surface area contributed by atoms with E-state index in [0.717, 1.165) is 21.3 Å². The van der Waals surface area contributed by atoms with Crippen LogP contribution in [0.5, 0.6) is 0 Å². The molecule has 0 aliphatic rings. The molecule has 3 rings (SSSR count). The number of benzene rings is 2. The maximum atomic E-state index is 13.2. The zero-order valence-electron chi connectivity index (χ0n) is 19.6. The van der Waals surface area contributed by atoms with E-state index in [2.05, 4.69) is 4.99 Å². The molecular formula is C24H28N4O4S2. The van der Waals surface area contributed by atoms with Crippen LogP contribution in [0.4, 0.5) is 5.82 Å². The van der Waals surface area contributed by atoms with Crippen LogP contribution in [0.15, 0.2) is 79.0 Å². The molecule has 3 aromatic rings. The molecule has 0 unspecified atom stereocenters. The number of thioether (sulfide) groups is 1. The van der Waals surface area contributed by atoms with Crippen molar-refractivity contribution in [2.75, 3.05) is 12.0 Å².